The largest absolute Gasteiger partial charge is 0.402 e. The van der Waals surface area contributed by atoms with Crippen LogP contribution in [0.4, 0.5) is 0 Å². The fraction of sp³-hybridized carbons (Fsp3) is 0.625. The maximum atomic E-state index is 11.3. The third-order valence-corrected chi connectivity index (χ3v) is 2.28. The van der Waals surface area contributed by atoms with Crippen LogP contribution in [0.5, 0.6) is 0 Å². The highest BCUT2D eigenvalue weighted by molar-refractivity contribution is 8.14. The molecule has 0 aromatic heterocycles. The van der Waals surface area contributed by atoms with Crippen LogP contribution >= 0.6 is 11.8 Å². The predicted octanol–water partition coefficient (Wildman–Crippen LogP) is 0.397. The fourth-order valence-corrected chi connectivity index (χ4v) is 1.13. The van der Waals surface area contributed by atoms with E-state index in [0.29, 0.717) is 11.3 Å². The molecule has 0 aliphatic rings. The van der Waals surface area contributed by atoms with Gasteiger partial charge in [0, 0.05) is 11.3 Å². The fourth-order valence-electron chi connectivity index (χ4n) is 0.495. The minimum absolute atomic E-state index is 0.0266. The Morgan fingerprint density at radius 2 is 2.07 bits per heavy atom. The smallest absolute Gasteiger partial charge is 0.218 e. The van der Waals surface area contributed by atoms with Gasteiger partial charge in [0.15, 0.2) is 6.79 Å². The summed E-state index contributed by atoms with van der Waals surface area (Å²) in [6.07, 6.45) is 0. The molecule has 0 heterocycles. The number of carbonyl (C=O) groups excluding carboxylic acids is 1. The number of hydrogen-bond acceptors (Lipinski definition) is 6. The molecular weight excluding hydrogens is 206 g/mol. The first kappa shape index (κ1) is 13.4. The van der Waals surface area contributed by atoms with Crippen LogP contribution in [0.15, 0.2) is 11.3 Å². The van der Waals surface area contributed by atoms with Crippen molar-refractivity contribution in [1.29, 1.82) is 0 Å². The van der Waals surface area contributed by atoms with Crippen LogP contribution in [-0.2, 0) is 14.3 Å². The Morgan fingerprint density at radius 1 is 1.43 bits per heavy atom. The Bertz CT molecular complexity index is 213. The first-order valence-electron chi connectivity index (χ1n) is 3.96. The molecule has 0 saturated carbocycles. The van der Waals surface area contributed by atoms with E-state index in [-0.39, 0.29) is 24.6 Å². The van der Waals surface area contributed by atoms with Gasteiger partial charge < -0.3 is 20.3 Å². The molecule has 14 heavy (non-hydrogen) atoms. The van der Waals surface area contributed by atoms with Gasteiger partial charge >= 0.3 is 0 Å². The van der Waals surface area contributed by atoms with Gasteiger partial charge in [0.2, 0.25) is 5.12 Å². The van der Waals surface area contributed by atoms with Crippen molar-refractivity contribution in [1.82, 2.24) is 0 Å². The van der Waals surface area contributed by atoms with E-state index in [1.807, 2.05) is 0 Å². The Kier molecular flexibility index (Phi) is 7.50. The van der Waals surface area contributed by atoms with E-state index in [2.05, 4.69) is 4.74 Å². The number of rotatable bonds is 6. The predicted molar refractivity (Wildman–Crippen MR) is 54.1 cm³/mol. The van der Waals surface area contributed by atoms with Crippen molar-refractivity contribution in [3.05, 3.63) is 11.3 Å². The number of aliphatic hydroxyl groups is 1. The molecule has 82 valence electrons. The molecule has 0 saturated heterocycles. The zero-order valence-corrected chi connectivity index (χ0v) is 9.10. The molecule has 0 fully saturated rings. The molecule has 0 amide bonds. The molecule has 0 radical (unpaired) electrons. The second-order valence-corrected chi connectivity index (χ2v) is 3.41. The number of aliphatic hydroxyl groups excluding tert-OH is 1. The summed E-state index contributed by atoms with van der Waals surface area (Å²) in [4.78, 5) is 11.3. The molecule has 0 unspecified atom stereocenters. The minimum atomic E-state index is -0.389. The molecule has 0 aromatic carbocycles. The van der Waals surface area contributed by atoms with Crippen molar-refractivity contribution in [2.75, 3.05) is 19.5 Å². The normalized spacial score (nSPS) is 12.5. The SMILES string of the molecule is C/C(N)=C(/C)C(=O)SCOCOCO. The minimum Gasteiger partial charge on any atom is -0.402 e. The lowest BCUT2D eigenvalue weighted by Crippen LogP contribution is -2.06. The van der Waals surface area contributed by atoms with E-state index in [9.17, 15) is 4.79 Å². The lowest BCUT2D eigenvalue weighted by atomic mass is 10.3. The van der Waals surface area contributed by atoms with Crippen molar-refractivity contribution in [2.45, 2.75) is 13.8 Å². The van der Waals surface area contributed by atoms with Crippen molar-refractivity contribution >= 4 is 16.9 Å². The van der Waals surface area contributed by atoms with Crippen LogP contribution in [0.3, 0.4) is 0 Å². The number of nitrogens with two attached hydrogens (primary N) is 1. The molecule has 0 aliphatic carbocycles. The summed E-state index contributed by atoms with van der Waals surface area (Å²) in [6.45, 7) is 2.92. The van der Waals surface area contributed by atoms with Crippen LogP contribution < -0.4 is 5.73 Å². The second-order valence-electron chi connectivity index (χ2n) is 2.51. The number of thioether (sulfide) groups is 1. The molecule has 0 aliphatic heterocycles. The summed E-state index contributed by atoms with van der Waals surface area (Å²) in [5.41, 5.74) is 6.47. The topological polar surface area (TPSA) is 81.8 Å². The van der Waals surface area contributed by atoms with Crippen molar-refractivity contribution in [3.63, 3.8) is 0 Å². The standard InChI is InChI=1S/C8H15NO4S/c1-6(7(2)9)8(11)14-5-13-4-12-3-10/h10H,3-5,9H2,1-2H3/b7-6+. The maximum absolute atomic E-state index is 11.3. The van der Waals surface area contributed by atoms with Crippen molar-refractivity contribution < 1.29 is 19.4 Å². The highest BCUT2D eigenvalue weighted by Crippen LogP contribution is 2.11. The van der Waals surface area contributed by atoms with Gasteiger partial charge in [-0.1, -0.05) is 11.8 Å². The van der Waals surface area contributed by atoms with Gasteiger partial charge in [-0.05, 0) is 13.8 Å². The van der Waals surface area contributed by atoms with Crippen LogP contribution in [0.2, 0.25) is 0 Å². The van der Waals surface area contributed by atoms with Gasteiger partial charge in [-0.3, -0.25) is 4.79 Å². The van der Waals surface area contributed by atoms with E-state index >= 15 is 0 Å². The van der Waals surface area contributed by atoms with Gasteiger partial charge in [-0.2, -0.15) is 0 Å². The molecule has 0 bridgehead atoms. The molecule has 0 rings (SSSR count). The van der Waals surface area contributed by atoms with Gasteiger partial charge in [0.25, 0.3) is 0 Å². The summed E-state index contributed by atoms with van der Waals surface area (Å²) in [5, 5.41) is 8.12. The quantitative estimate of drug-likeness (QED) is 0.384. The number of allylic oxidation sites excluding steroid dienone is 1. The van der Waals surface area contributed by atoms with E-state index in [1.165, 1.54) is 0 Å². The van der Waals surface area contributed by atoms with Crippen LogP contribution in [0, 0.1) is 0 Å². The third kappa shape index (κ3) is 5.98. The van der Waals surface area contributed by atoms with E-state index in [1.54, 1.807) is 13.8 Å². The van der Waals surface area contributed by atoms with E-state index < -0.39 is 0 Å². The van der Waals surface area contributed by atoms with Crippen LogP contribution in [0.1, 0.15) is 13.8 Å². The Balaban J connectivity index is 3.60. The molecule has 6 heteroatoms. The van der Waals surface area contributed by atoms with Crippen LogP contribution in [0.25, 0.3) is 0 Å². The van der Waals surface area contributed by atoms with Crippen molar-refractivity contribution in [3.8, 4) is 0 Å². The lowest BCUT2D eigenvalue weighted by molar-refractivity contribution is -0.108. The molecule has 0 atom stereocenters. The second kappa shape index (κ2) is 7.81. The number of carbonyl (C=O) groups is 1. The van der Waals surface area contributed by atoms with Gasteiger partial charge in [-0.15, -0.1) is 0 Å². The maximum Gasteiger partial charge on any atom is 0.218 e. The van der Waals surface area contributed by atoms with Gasteiger partial charge in [0.05, 0.1) is 0 Å². The Labute approximate surface area is 87.3 Å². The Hall–Kier alpha value is -0.560. The average molecular weight is 221 g/mol. The summed E-state index contributed by atoms with van der Waals surface area (Å²) >= 11 is 1.00. The van der Waals surface area contributed by atoms with Gasteiger partial charge in [-0.25, -0.2) is 0 Å². The highest BCUT2D eigenvalue weighted by Gasteiger charge is 2.06. The summed E-state index contributed by atoms with van der Waals surface area (Å²) in [5.74, 6) is 0.184. The molecular formula is C8H15NO4S. The summed E-state index contributed by atoms with van der Waals surface area (Å²) < 4.78 is 9.37. The summed E-state index contributed by atoms with van der Waals surface area (Å²) in [6, 6.07) is 0. The van der Waals surface area contributed by atoms with E-state index in [0.717, 1.165) is 11.8 Å². The Morgan fingerprint density at radius 3 is 2.57 bits per heavy atom. The average Bonchev–Trinajstić information content (AvgIpc) is 2.16. The number of ether oxygens (including phenoxy) is 2. The monoisotopic (exact) mass is 221 g/mol. The van der Waals surface area contributed by atoms with Crippen LogP contribution in [-0.4, -0.2) is 29.7 Å². The van der Waals surface area contributed by atoms with Gasteiger partial charge in [0.1, 0.15) is 12.7 Å². The molecule has 0 spiro atoms. The van der Waals surface area contributed by atoms with Crippen molar-refractivity contribution in [2.24, 2.45) is 5.73 Å². The number of hydrogen-bond donors (Lipinski definition) is 2. The summed E-state index contributed by atoms with van der Waals surface area (Å²) in [7, 11) is 0. The molecule has 0 aromatic rings. The van der Waals surface area contributed by atoms with E-state index in [4.69, 9.17) is 15.6 Å². The zero-order valence-electron chi connectivity index (χ0n) is 8.28. The zero-order chi connectivity index (χ0) is 11.0. The lowest BCUT2D eigenvalue weighted by Gasteiger charge is -2.04. The highest BCUT2D eigenvalue weighted by atomic mass is 32.2. The first-order valence-corrected chi connectivity index (χ1v) is 4.94. The molecule has 3 N–H and O–H groups in total. The molecule has 5 nitrogen and oxygen atoms in total. The first-order chi connectivity index (χ1) is 6.59. The third-order valence-electron chi connectivity index (χ3n) is 1.43.